The lowest BCUT2D eigenvalue weighted by Gasteiger charge is -2.24. The summed E-state index contributed by atoms with van der Waals surface area (Å²) in [6.07, 6.45) is 0.0695. The Kier molecular flexibility index (Phi) is 5.10. The molecule has 0 saturated carbocycles. The Bertz CT molecular complexity index is 538. The van der Waals surface area contributed by atoms with Crippen molar-refractivity contribution in [3.05, 3.63) is 21.9 Å². The molecule has 0 radical (unpaired) electrons. The molecule has 0 atom stereocenters. The lowest BCUT2D eigenvalue weighted by atomic mass is 10.00. The second-order valence-electron chi connectivity index (χ2n) is 4.64. The van der Waals surface area contributed by atoms with Gasteiger partial charge in [0.25, 0.3) is 5.91 Å². The predicted octanol–water partition coefficient (Wildman–Crippen LogP) is 0.476. The van der Waals surface area contributed by atoms with Crippen LogP contribution in [0, 0.1) is 11.8 Å². The average molecular weight is 280 g/mol. The van der Waals surface area contributed by atoms with Crippen LogP contribution in [0.25, 0.3) is 0 Å². The van der Waals surface area contributed by atoms with Crippen molar-refractivity contribution in [2.45, 2.75) is 25.8 Å². The Morgan fingerprint density at radius 3 is 2.79 bits per heavy atom. The third-order valence-corrected chi connectivity index (χ3v) is 3.07. The molecule has 5 nitrogen and oxygen atoms in total. The van der Waals surface area contributed by atoms with Crippen LogP contribution in [0.1, 0.15) is 35.5 Å². The molecule has 1 rings (SSSR count). The minimum atomic E-state index is -0.693. The second-order valence-corrected chi connectivity index (χ2v) is 5.55. The van der Waals surface area contributed by atoms with Gasteiger partial charge in [0.1, 0.15) is 6.61 Å². The third-order valence-electron chi connectivity index (χ3n) is 2.22. The van der Waals surface area contributed by atoms with Crippen molar-refractivity contribution in [2.75, 3.05) is 6.61 Å². The summed E-state index contributed by atoms with van der Waals surface area (Å²) in [7, 11) is 0. The van der Waals surface area contributed by atoms with Gasteiger partial charge in [0, 0.05) is 17.3 Å². The quantitative estimate of drug-likeness (QED) is 0.700. The van der Waals surface area contributed by atoms with E-state index < -0.39 is 11.4 Å². The number of amides is 2. The van der Waals surface area contributed by atoms with Gasteiger partial charge >= 0.3 is 0 Å². The van der Waals surface area contributed by atoms with Crippen LogP contribution in [0.5, 0.6) is 0 Å². The van der Waals surface area contributed by atoms with Crippen LogP contribution in [0.4, 0.5) is 0 Å². The van der Waals surface area contributed by atoms with Gasteiger partial charge in [-0.2, -0.15) is 0 Å². The third kappa shape index (κ3) is 5.12. The molecule has 0 aliphatic heterocycles. The molecule has 102 valence electrons. The smallest absolute Gasteiger partial charge is 0.252 e. The van der Waals surface area contributed by atoms with Crippen LogP contribution >= 0.6 is 11.3 Å². The summed E-state index contributed by atoms with van der Waals surface area (Å²) in [6.45, 7) is 3.24. The molecule has 0 aromatic carbocycles. The van der Waals surface area contributed by atoms with Crippen LogP contribution in [-0.4, -0.2) is 29.1 Å². The van der Waals surface area contributed by atoms with E-state index >= 15 is 0 Å². The van der Waals surface area contributed by atoms with Crippen LogP contribution in [0.2, 0.25) is 0 Å². The SMILES string of the molecule is CC(C)(CC(N)=O)NC(=O)c1csc(C#CCO)c1. The number of hydrogen-bond donors (Lipinski definition) is 3. The maximum Gasteiger partial charge on any atom is 0.252 e. The standard InChI is InChI=1S/C13H16N2O3S/c1-13(2,7-11(14)17)15-12(18)9-6-10(19-8-9)4-3-5-16/h6,8,16H,5,7H2,1-2H3,(H2,14,17)(H,15,18). The van der Waals surface area contributed by atoms with Crippen molar-refractivity contribution < 1.29 is 14.7 Å². The van der Waals surface area contributed by atoms with E-state index in [0.29, 0.717) is 10.4 Å². The zero-order chi connectivity index (χ0) is 14.5. The molecule has 19 heavy (non-hydrogen) atoms. The van der Waals surface area contributed by atoms with Gasteiger partial charge in [-0.05, 0) is 19.9 Å². The molecule has 2 amide bonds. The Balaban J connectivity index is 2.73. The zero-order valence-corrected chi connectivity index (χ0v) is 11.6. The minimum Gasteiger partial charge on any atom is -0.384 e. The molecule has 6 heteroatoms. The Morgan fingerprint density at radius 1 is 1.53 bits per heavy atom. The lowest BCUT2D eigenvalue weighted by Crippen LogP contribution is -2.45. The highest BCUT2D eigenvalue weighted by atomic mass is 32.1. The molecule has 1 heterocycles. The van der Waals surface area contributed by atoms with Gasteiger partial charge in [-0.25, -0.2) is 0 Å². The molecule has 0 aliphatic rings. The van der Waals surface area contributed by atoms with Crippen LogP contribution < -0.4 is 11.1 Å². The van der Waals surface area contributed by atoms with E-state index in [1.165, 1.54) is 11.3 Å². The van der Waals surface area contributed by atoms with Crippen LogP contribution in [-0.2, 0) is 4.79 Å². The summed E-state index contributed by atoms with van der Waals surface area (Å²) in [5.41, 5.74) is 4.91. The predicted molar refractivity (Wildman–Crippen MR) is 73.6 cm³/mol. The van der Waals surface area contributed by atoms with Gasteiger partial charge in [0.2, 0.25) is 5.91 Å². The Labute approximate surface area is 115 Å². The number of nitrogens with one attached hydrogen (secondary N) is 1. The summed E-state index contributed by atoms with van der Waals surface area (Å²) in [5, 5.41) is 13.0. The summed E-state index contributed by atoms with van der Waals surface area (Å²) >= 11 is 1.32. The van der Waals surface area contributed by atoms with Crippen molar-refractivity contribution in [3.63, 3.8) is 0 Å². The first-order valence-corrected chi connectivity index (χ1v) is 6.51. The highest BCUT2D eigenvalue weighted by molar-refractivity contribution is 7.10. The molecule has 0 aliphatic carbocycles. The highest BCUT2D eigenvalue weighted by Gasteiger charge is 2.23. The van der Waals surface area contributed by atoms with Gasteiger partial charge in [-0.1, -0.05) is 11.8 Å². The second kappa shape index (κ2) is 6.36. The fraction of sp³-hybridized carbons (Fsp3) is 0.385. The first-order valence-electron chi connectivity index (χ1n) is 5.63. The van der Waals surface area contributed by atoms with Gasteiger partial charge < -0.3 is 16.2 Å². The Hall–Kier alpha value is -1.84. The fourth-order valence-electron chi connectivity index (χ4n) is 1.51. The summed E-state index contributed by atoms with van der Waals surface area (Å²) in [4.78, 5) is 23.6. The van der Waals surface area contributed by atoms with Crippen molar-refractivity contribution >= 4 is 23.2 Å². The Morgan fingerprint density at radius 2 is 2.21 bits per heavy atom. The molecular weight excluding hydrogens is 264 g/mol. The van der Waals surface area contributed by atoms with Crippen molar-refractivity contribution in [1.82, 2.24) is 5.32 Å². The van der Waals surface area contributed by atoms with Crippen LogP contribution in [0.3, 0.4) is 0 Å². The van der Waals surface area contributed by atoms with Gasteiger partial charge in [-0.3, -0.25) is 9.59 Å². The van der Waals surface area contributed by atoms with Gasteiger partial charge in [0.15, 0.2) is 0 Å². The fourth-order valence-corrected chi connectivity index (χ4v) is 2.26. The minimum absolute atomic E-state index is 0.0695. The van der Waals surface area contributed by atoms with Gasteiger partial charge in [0.05, 0.1) is 10.4 Å². The normalized spacial score (nSPS) is 10.5. The van der Waals surface area contributed by atoms with E-state index in [1.807, 2.05) is 0 Å². The average Bonchev–Trinajstić information content (AvgIpc) is 2.72. The summed E-state index contributed by atoms with van der Waals surface area (Å²) in [6, 6.07) is 1.64. The number of thiophene rings is 1. The van der Waals surface area contributed by atoms with E-state index in [1.54, 1.807) is 25.3 Å². The summed E-state index contributed by atoms with van der Waals surface area (Å²) in [5.74, 6) is 4.50. The molecule has 0 unspecified atom stereocenters. The first-order chi connectivity index (χ1) is 8.84. The molecule has 0 spiro atoms. The van der Waals surface area contributed by atoms with Gasteiger partial charge in [-0.15, -0.1) is 11.3 Å². The monoisotopic (exact) mass is 280 g/mol. The largest absolute Gasteiger partial charge is 0.384 e. The molecular formula is C13H16N2O3S. The molecule has 4 N–H and O–H groups in total. The molecule has 0 saturated heterocycles. The van der Waals surface area contributed by atoms with E-state index in [0.717, 1.165) is 0 Å². The maximum absolute atomic E-state index is 12.0. The topological polar surface area (TPSA) is 92.4 Å². The number of aliphatic hydroxyl groups is 1. The van der Waals surface area contributed by atoms with Crippen molar-refractivity contribution in [2.24, 2.45) is 5.73 Å². The number of hydrogen-bond acceptors (Lipinski definition) is 4. The van der Waals surface area contributed by atoms with E-state index in [9.17, 15) is 9.59 Å². The number of carbonyl (C=O) groups is 2. The number of primary amides is 1. The summed E-state index contributed by atoms with van der Waals surface area (Å²) < 4.78 is 0. The number of nitrogens with two attached hydrogens (primary N) is 1. The number of rotatable bonds is 4. The first kappa shape index (κ1) is 15.2. The number of aliphatic hydroxyl groups excluding tert-OH is 1. The van der Waals surface area contributed by atoms with Crippen LogP contribution in [0.15, 0.2) is 11.4 Å². The number of carbonyl (C=O) groups excluding carboxylic acids is 2. The van der Waals surface area contributed by atoms with E-state index in [2.05, 4.69) is 17.2 Å². The van der Waals surface area contributed by atoms with Crippen molar-refractivity contribution in [3.8, 4) is 11.8 Å². The zero-order valence-electron chi connectivity index (χ0n) is 10.8. The van der Waals surface area contributed by atoms with E-state index in [-0.39, 0.29) is 18.9 Å². The molecule has 0 bridgehead atoms. The van der Waals surface area contributed by atoms with E-state index in [4.69, 9.17) is 10.8 Å². The van der Waals surface area contributed by atoms with Crippen molar-refractivity contribution in [1.29, 1.82) is 0 Å². The maximum atomic E-state index is 12.0. The highest BCUT2D eigenvalue weighted by Crippen LogP contribution is 2.15. The lowest BCUT2D eigenvalue weighted by molar-refractivity contribution is -0.119. The molecule has 1 aromatic rings. The molecule has 1 aromatic heterocycles. The molecule has 0 fully saturated rings.